The summed E-state index contributed by atoms with van der Waals surface area (Å²) in [5.41, 5.74) is -1.62. The van der Waals surface area contributed by atoms with E-state index < -0.39 is 23.1 Å². The SMILES string of the molecule is O=C(c1c(/C=C/c2ccccc2)c2ccccc2oc1=O)C(F)(F)F. The van der Waals surface area contributed by atoms with Gasteiger partial charge in [0.25, 0.3) is 5.78 Å². The molecule has 0 aliphatic heterocycles. The smallest absolute Gasteiger partial charge is 0.422 e. The zero-order valence-electron chi connectivity index (χ0n) is 12.7. The molecule has 0 bridgehead atoms. The van der Waals surface area contributed by atoms with Crippen molar-refractivity contribution in [1.82, 2.24) is 0 Å². The second-order valence-electron chi connectivity index (χ2n) is 5.25. The summed E-state index contributed by atoms with van der Waals surface area (Å²) < 4.78 is 43.6. The lowest BCUT2D eigenvalue weighted by Crippen LogP contribution is -2.29. The van der Waals surface area contributed by atoms with Crippen molar-refractivity contribution in [2.45, 2.75) is 6.18 Å². The molecule has 3 nitrogen and oxygen atoms in total. The Morgan fingerprint density at radius 3 is 2.24 bits per heavy atom. The van der Waals surface area contributed by atoms with Gasteiger partial charge in [-0.15, -0.1) is 0 Å². The lowest BCUT2D eigenvalue weighted by atomic mass is 10.00. The van der Waals surface area contributed by atoms with Gasteiger partial charge < -0.3 is 4.42 Å². The highest BCUT2D eigenvalue weighted by molar-refractivity contribution is 6.07. The number of carbonyl (C=O) groups excluding carboxylic acids is 1. The molecule has 3 aromatic rings. The molecule has 126 valence electrons. The number of alkyl halides is 3. The Labute approximate surface area is 140 Å². The standard InChI is InChI=1S/C19H11F3O3/c20-19(21,22)17(23)16-14(11-10-12-6-2-1-3-7-12)13-8-4-5-9-15(13)25-18(16)24/h1-11H/b11-10+. The van der Waals surface area contributed by atoms with Gasteiger partial charge in [0.1, 0.15) is 11.1 Å². The summed E-state index contributed by atoms with van der Waals surface area (Å²) in [7, 11) is 0. The summed E-state index contributed by atoms with van der Waals surface area (Å²) in [6.45, 7) is 0. The first-order valence-corrected chi connectivity index (χ1v) is 7.28. The fraction of sp³-hybridized carbons (Fsp3) is 0.0526. The summed E-state index contributed by atoms with van der Waals surface area (Å²) in [6, 6.07) is 14.9. The summed E-state index contributed by atoms with van der Waals surface area (Å²) in [6.07, 6.45) is -2.31. The Kier molecular flexibility index (Phi) is 4.27. The monoisotopic (exact) mass is 344 g/mol. The first-order chi connectivity index (χ1) is 11.9. The first-order valence-electron chi connectivity index (χ1n) is 7.28. The van der Waals surface area contributed by atoms with Crippen molar-refractivity contribution in [3.05, 3.63) is 81.7 Å². The molecule has 1 aromatic heterocycles. The van der Waals surface area contributed by atoms with Crippen LogP contribution in [0.4, 0.5) is 13.2 Å². The third-order valence-corrected chi connectivity index (χ3v) is 3.58. The second-order valence-corrected chi connectivity index (χ2v) is 5.25. The Hall–Kier alpha value is -3.15. The molecule has 0 unspecified atom stereocenters. The lowest BCUT2D eigenvalue weighted by molar-refractivity contribution is -0.0887. The molecule has 6 heteroatoms. The second kappa shape index (κ2) is 6.39. The molecule has 0 saturated carbocycles. The van der Waals surface area contributed by atoms with Gasteiger partial charge in [-0.2, -0.15) is 13.2 Å². The Morgan fingerprint density at radius 2 is 1.56 bits per heavy atom. The normalized spacial score (nSPS) is 12.0. The van der Waals surface area contributed by atoms with Crippen LogP contribution in [-0.2, 0) is 0 Å². The maximum absolute atomic E-state index is 12.9. The van der Waals surface area contributed by atoms with E-state index in [4.69, 9.17) is 4.42 Å². The molecule has 0 atom stereocenters. The van der Waals surface area contributed by atoms with Crippen LogP contribution in [0.3, 0.4) is 0 Å². The summed E-state index contributed by atoms with van der Waals surface area (Å²) in [4.78, 5) is 23.8. The number of carbonyl (C=O) groups is 1. The van der Waals surface area contributed by atoms with Gasteiger partial charge in [0, 0.05) is 10.9 Å². The number of rotatable bonds is 3. The van der Waals surface area contributed by atoms with E-state index in [1.807, 2.05) is 0 Å². The lowest BCUT2D eigenvalue weighted by Gasteiger charge is -2.09. The summed E-state index contributed by atoms with van der Waals surface area (Å²) in [5, 5.41) is 0.252. The van der Waals surface area contributed by atoms with Crippen LogP contribution in [0.5, 0.6) is 0 Å². The fourth-order valence-corrected chi connectivity index (χ4v) is 2.45. The highest BCUT2D eigenvalue weighted by atomic mass is 19.4. The first kappa shape index (κ1) is 16.7. The maximum Gasteiger partial charge on any atom is 0.455 e. The zero-order valence-corrected chi connectivity index (χ0v) is 12.7. The quantitative estimate of drug-likeness (QED) is 0.511. The number of Topliss-reactive ketones (excluding diaryl/α,β-unsaturated/α-hetero) is 1. The molecular weight excluding hydrogens is 333 g/mol. The number of benzene rings is 2. The third-order valence-electron chi connectivity index (χ3n) is 3.58. The number of fused-ring (bicyclic) bond motifs is 1. The van der Waals surface area contributed by atoms with E-state index in [2.05, 4.69) is 0 Å². The van der Waals surface area contributed by atoms with E-state index in [0.717, 1.165) is 0 Å². The van der Waals surface area contributed by atoms with Crippen LogP contribution < -0.4 is 5.63 Å². The maximum atomic E-state index is 12.9. The van der Waals surface area contributed by atoms with Crippen molar-refractivity contribution in [3.8, 4) is 0 Å². The molecule has 0 fully saturated rings. The van der Waals surface area contributed by atoms with Gasteiger partial charge in [0.05, 0.1) is 0 Å². The van der Waals surface area contributed by atoms with Crippen molar-refractivity contribution >= 4 is 28.9 Å². The molecule has 2 aromatic carbocycles. The number of para-hydroxylation sites is 1. The fourth-order valence-electron chi connectivity index (χ4n) is 2.45. The van der Waals surface area contributed by atoms with Crippen LogP contribution in [0, 0.1) is 0 Å². The molecule has 0 aliphatic rings. The number of hydrogen-bond donors (Lipinski definition) is 0. The Bertz CT molecular complexity index is 1020. The van der Waals surface area contributed by atoms with Crippen molar-refractivity contribution in [3.63, 3.8) is 0 Å². The topological polar surface area (TPSA) is 47.3 Å². The van der Waals surface area contributed by atoms with Gasteiger partial charge in [-0.25, -0.2) is 4.79 Å². The minimum atomic E-state index is -5.17. The minimum absolute atomic E-state index is 0.110. The summed E-state index contributed by atoms with van der Waals surface area (Å²) in [5.74, 6) is -2.22. The average Bonchev–Trinajstić information content (AvgIpc) is 2.59. The predicted molar refractivity (Wildman–Crippen MR) is 88.2 cm³/mol. The molecular formula is C19H11F3O3. The van der Waals surface area contributed by atoms with Crippen molar-refractivity contribution < 1.29 is 22.4 Å². The minimum Gasteiger partial charge on any atom is -0.422 e. The zero-order chi connectivity index (χ0) is 18.0. The van der Waals surface area contributed by atoms with E-state index in [9.17, 15) is 22.8 Å². The van der Waals surface area contributed by atoms with Crippen molar-refractivity contribution in [2.24, 2.45) is 0 Å². The van der Waals surface area contributed by atoms with Crippen LogP contribution in [0.2, 0.25) is 0 Å². The van der Waals surface area contributed by atoms with E-state index >= 15 is 0 Å². The third kappa shape index (κ3) is 3.38. The molecule has 0 radical (unpaired) electrons. The van der Waals surface area contributed by atoms with E-state index in [1.54, 1.807) is 42.5 Å². The molecule has 0 spiro atoms. The largest absolute Gasteiger partial charge is 0.455 e. The van der Waals surface area contributed by atoms with E-state index in [1.165, 1.54) is 24.3 Å². The Morgan fingerprint density at radius 1 is 0.920 bits per heavy atom. The van der Waals surface area contributed by atoms with Gasteiger partial charge in [-0.3, -0.25) is 4.79 Å². The Balaban J connectivity index is 2.28. The molecule has 3 rings (SSSR count). The van der Waals surface area contributed by atoms with Gasteiger partial charge >= 0.3 is 11.8 Å². The highest BCUT2D eigenvalue weighted by Crippen LogP contribution is 2.27. The van der Waals surface area contributed by atoms with Gasteiger partial charge in [0.2, 0.25) is 0 Å². The van der Waals surface area contributed by atoms with Crippen molar-refractivity contribution in [2.75, 3.05) is 0 Å². The molecule has 0 saturated heterocycles. The molecule has 0 amide bonds. The molecule has 0 aliphatic carbocycles. The average molecular weight is 344 g/mol. The highest BCUT2D eigenvalue weighted by Gasteiger charge is 2.42. The van der Waals surface area contributed by atoms with Gasteiger partial charge in [0.15, 0.2) is 0 Å². The number of halogens is 3. The van der Waals surface area contributed by atoms with Crippen LogP contribution in [0.25, 0.3) is 23.1 Å². The van der Waals surface area contributed by atoms with Crippen molar-refractivity contribution in [1.29, 1.82) is 0 Å². The van der Waals surface area contributed by atoms with E-state index in [-0.39, 0.29) is 16.5 Å². The molecule has 0 N–H and O–H groups in total. The number of ketones is 1. The van der Waals surface area contributed by atoms with Gasteiger partial charge in [-0.1, -0.05) is 60.7 Å². The summed E-state index contributed by atoms with van der Waals surface area (Å²) >= 11 is 0. The van der Waals surface area contributed by atoms with Gasteiger partial charge in [-0.05, 0) is 11.6 Å². The van der Waals surface area contributed by atoms with E-state index in [0.29, 0.717) is 5.56 Å². The molecule has 25 heavy (non-hydrogen) atoms. The number of hydrogen-bond acceptors (Lipinski definition) is 3. The predicted octanol–water partition coefficient (Wildman–Crippen LogP) is 4.71. The van der Waals surface area contributed by atoms with Crippen LogP contribution in [-0.4, -0.2) is 12.0 Å². The van der Waals surface area contributed by atoms with Crippen LogP contribution >= 0.6 is 0 Å². The molecule has 1 heterocycles. The van der Waals surface area contributed by atoms with Crippen LogP contribution in [0.15, 0.2) is 63.8 Å². The van der Waals surface area contributed by atoms with Crippen LogP contribution in [0.1, 0.15) is 21.5 Å².